The number of anilines is 2. The molecule has 0 unspecified atom stereocenters. The molecule has 0 fully saturated rings. The summed E-state index contributed by atoms with van der Waals surface area (Å²) in [5.74, 6) is 1.36. The average Bonchev–Trinajstić information content (AvgIpc) is 2.78. The Morgan fingerprint density at radius 2 is 2.25 bits per heavy atom. The van der Waals surface area contributed by atoms with Crippen LogP contribution in [0.15, 0.2) is 22.9 Å². The van der Waals surface area contributed by atoms with E-state index in [4.69, 9.17) is 4.52 Å². The molecule has 0 aliphatic carbocycles. The van der Waals surface area contributed by atoms with Gasteiger partial charge in [-0.05, 0) is 6.92 Å². The topological polar surface area (TPSA) is 75.9 Å². The SMILES string of the molecule is CNc1nc(C)cc(NCc2ccon2)n1. The van der Waals surface area contributed by atoms with E-state index in [1.54, 1.807) is 19.4 Å². The molecule has 16 heavy (non-hydrogen) atoms. The minimum absolute atomic E-state index is 0.579. The van der Waals surface area contributed by atoms with Crippen molar-refractivity contribution in [3.63, 3.8) is 0 Å². The van der Waals surface area contributed by atoms with E-state index in [2.05, 4.69) is 25.8 Å². The van der Waals surface area contributed by atoms with Crippen molar-refractivity contribution in [3.05, 3.63) is 29.8 Å². The molecule has 0 atom stereocenters. The van der Waals surface area contributed by atoms with E-state index in [9.17, 15) is 0 Å². The van der Waals surface area contributed by atoms with Crippen LogP contribution in [0.25, 0.3) is 0 Å². The molecule has 0 saturated heterocycles. The second-order valence-corrected chi connectivity index (χ2v) is 3.31. The molecular formula is C10H13N5O. The smallest absolute Gasteiger partial charge is 0.224 e. The van der Waals surface area contributed by atoms with Gasteiger partial charge in [0, 0.05) is 24.9 Å². The van der Waals surface area contributed by atoms with E-state index in [1.807, 2.05) is 13.0 Å². The van der Waals surface area contributed by atoms with E-state index < -0.39 is 0 Å². The average molecular weight is 219 g/mol. The Balaban J connectivity index is 2.06. The van der Waals surface area contributed by atoms with E-state index in [0.29, 0.717) is 12.5 Å². The van der Waals surface area contributed by atoms with Crippen LogP contribution < -0.4 is 10.6 Å². The maximum Gasteiger partial charge on any atom is 0.224 e. The van der Waals surface area contributed by atoms with Crippen LogP contribution in [-0.4, -0.2) is 22.2 Å². The largest absolute Gasteiger partial charge is 0.364 e. The highest BCUT2D eigenvalue weighted by Crippen LogP contribution is 2.10. The Kier molecular flexibility index (Phi) is 3.00. The summed E-state index contributed by atoms with van der Waals surface area (Å²) in [6.07, 6.45) is 1.54. The first kappa shape index (κ1) is 10.4. The molecule has 2 aromatic rings. The first-order valence-electron chi connectivity index (χ1n) is 4.94. The highest BCUT2D eigenvalue weighted by atomic mass is 16.5. The molecule has 2 heterocycles. The predicted molar refractivity (Wildman–Crippen MR) is 60.1 cm³/mol. The monoisotopic (exact) mass is 219 g/mol. The van der Waals surface area contributed by atoms with Gasteiger partial charge in [-0.15, -0.1) is 0 Å². The molecular weight excluding hydrogens is 206 g/mol. The summed E-state index contributed by atoms with van der Waals surface area (Å²) in [5.41, 5.74) is 1.74. The van der Waals surface area contributed by atoms with Gasteiger partial charge in [-0.1, -0.05) is 5.16 Å². The number of aromatic nitrogens is 3. The van der Waals surface area contributed by atoms with Gasteiger partial charge in [-0.3, -0.25) is 0 Å². The summed E-state index contributed by atoms with van der Waals surface area (Å²) in [7, 11) is 1.79. The van der Waals surface area contributed by atoms with Crippen LogP contribution in [0.3, 0.4) is 0 Å². The number of nitrogens with one attached hydrogen (secondary N) is 2. The van der Waals surface area contributed by atoms with Gasteiger partial charge in [-0.2, -0.15) is 4.98 Å². The molecule has 0 spiro atoms. The van der Waals surface area contributed by atoms with E-state index in [1.165, 1.54) is 0 Å². The maximum atomic E-state index is 4.74. The minimum Gasteiger partial charge on any atom is -0.364 e. The molecule has 0 aliphatic heterocycles. The Labute approximate surface area is 93.1 Å². The first-order valence-corrected chi connectivity index (χ1v) is 4.94. The lowest BCUT2D eigenvalue weighted by Gasteiger charge is -2.06. The van der Waals surface area contributed by atoms with Crippen molar-refractivity contribution >= 4 is 11.8 Å². The molecule has 84 valence electrons. The number of hydrogen-bond acceptors (Lipinski definition) is 6. The van der Waals surface area contributed by atoms with Gasteiger partial charge < -0.3 is 15.2 Å². The van der Waals surface area contributed by atoms with E-state index in [-0.39, 0.29) is 0 Å². The molecule has 2 N–H and O–H groups in total. The predicted octanol–water partition coefficient (Wildman–Crippen LogP) is 1.43. The quantitative estimate of drug-likeness (QED) is 0.810. The molecule has 0 aliphatic rings. The van der Waals surface area contributed by atoms with Crippen molar-refractivity contribution < 1.29 is 4.52 Å². The fraction of sp³-hybridized carbons (Fsp3) is 0.300. The Hall–Kier alpha value is -2.11. The summed E-state index contributed by atoms with van der Waals surface area (Å²) < 4.78 is 4.74. The second-order valence-electron chi connectivity index (χ2n) is 3.31. The van der Waals surface area contributed by atoms with Crippen molar-refractivity contribution in [2.45, 2.75) is 13.5 Å². The first-order chi connectivity index (χ1) is 7.78. The van der Waals surface area contributed by atoms with Gasteiger partial charge in [0.2, 0.25) is 5.95 Å². The third-order valence-electron chi connectivity index (χ3n) is 2.02. The van der Waals surface area contributed by atoms with Crippen molar-refractivity contribution in [1.82, 2.24) is 15.1 Å². The van der Waals surface area contributed by atoms with Gasteiger partial charge >= 0.3 is 0 Å². The van der Waals surface area contributed by atoms with Gasteiger partial charge in [-0.25, -0.2) is 4.98 Å². The molecule has 6 heteroatoms. The lowest BCUT2D eigenvalue weighted by molar-refractivity contribution is 0.412. The molecule has 0 radical (unpaired) electrons. The van der Waals surface area contributed by atoms with Crippen LogP contribution in [0.4, 0.5) is 11.8 Å². The van der Waals surface area contributed by atoms with Crippen molar-refractivity contribution in [3.8, 4) is 0 Å². The van der Waals surface area contributed by atoms with Gasteiger partial charge in [0.15, 0.2) is 0 Å². The number of aryl methyl sites for hydroxylation is 1. The number of rotatable bonds is 4. The van der Waals surface area contributed by atoms with Crippen molar-refractivity contribution in [1.29, 1.82) is 0 Å². The van der Waals surface area contributed by atoms with Gasteiger partial charge in [0.05, 0.1) is 6.54 Å². The highest BCUT2D eigenvalue weighted by molar-refractivity contribution is 5.41. The Morgan fingerprint density at radius 1 is 1.38 bits per heavy atom. The fourth-order valence-electron chi connectivity index (χ4n) is 1.28. The summed E-state index contributed by atoms with van der Waals surface area (Å²) in [6, 6.07) is 3.68. The normalized spacial score (nSPS) is 10.1. The van der Waals surface area contributed by atoms with Gasteiger partial charge in [0.25, 0.3) is 0 Å². The van der Waals surface area contributed by atoms with E-state index >= 15 is 0 Å². The van der Waals surface area contributed by atoms with Crippen LogP contribution in [0.1, 0.15) is 11.4 Å². The molecule has 0 aromatic carbocycles. The summed E-state index contributed by atoms with van der Waals surface area (Å²) in [6.45, 7) is 2.50. The molecule has 2 aromatic heterocycles. The summed E-state index contributed by atoms with van der Waals surface area (Å²) in [5, 5.41) is 9.85. The van der Waals surface area contributed by atoms with Crippen LogP contribution in [-0.2, 0) is 6.54 Å². The number of hydrogen-bond donors (Lipinski definition) is 2. The second kappa shape index (κ2) is 4.61. The number of nitrogens with zero attached hydrogens (tertiary/aromatic N) is 3. The van der Waals surface area contributed by atoms with E-state index in [0.717, 1.165) is 17.2 Å². The maximum absolute atomic E-state index is 4.74. The molecule has 0 amide bonds. The Bertz CT molecular complexity index is 454. The third kappa shape index (κ3) is 2.47. The highest BCUT2D eigenvalue weighted by Gasteiger charge is 2.01. The van der Waals surface area contributed by atoms with Gasteiger partial charge in [0.1, 0.15) is 17.8 Å². The molecule has 0 bridgehead atoms. The zero-order valence-electron chi connectivity index (χ0n) is 9.19. The zero-order chi connectivity index (χ0) is 11.4. The Morgan fingerprint density at radius 3 is 2.94 bits per heavy atom. The van der Waals surface area contributed by atoms with Crippen LogP contribution >= 0.6 is 0 Å². The molecule has 6 nitrogen and oxygen atoms in total. The van der Waals surface area contributed by atoms with Crippen LogP contribution in [0, 0.1) is 6.92 Å². The summed E-state index contributed by atoms with van der Waals surface area (Å²) >= 11 is 0. The van der Waals surface area contributed by atoms with Crippen molar-refractivity contribution in [2.75, 3.05) is 17.7 Å². The zero-order valence-corrected chi connectivity index (χ0v) is 9.19. The lowest BCUT2D eigenvalue weighted by Crippen LogP contribution is -2.05. The summed E-state index contributed by atoms with van der Waals surface area (Å²) in [4.78, 5) is 8.46. The van der Waals surface area contributed by atoms with Crippen molar-refractivity contribution in [2.24, 2.45) is 0 Å². The lowest BCUT2D eigenvalue weighted by atomic mass is 10.4. The molecule has 2 rings (SSSR count). The van der Waals surface area contributed by atoms with Crippen LogP contribution in [0.5, 0.6) is 0 Å². The third-order valence-corrected chi connectivity index (χ3v) is 2.02. The minimum atomic E-state index is 0.579. The molecule has 0 saturated carbocycles. The standard InChI is InChI=1S/C10H13N5O/c1-7-5-9(14-10(11-2)13-7)12-6-8-3-4-16-15-8/h3-5H,6H2,1-2H3,(H2,11,12,13,14). The van der Waals surface area contributed by atoms with Crippen LogP contribution in [0.2, 0.25) is 0 Å². The fourth-order valence-corrected chi connectivity index (χ4v) is 1.28.